The Balaban J connectivity index is 2.24. The van der Waals surface area contributed by atoms with Gasteiger partial charge >= 0.3 is 0 Å². The van der Waals surface area contributed by atoms with E-state index in [1.807, 2.05) is 26.0 Å². The number of halogens is 1. The van der Waals surface area contributed by atoms with Gasteiger partial charge in [-0.05, 0) is 49.6 Å². The summed E-state index contributed by atoms with van der Waals surface area (Å²) in [6.07, 6.45) is -0.143. The van der Waals surface area contributed by atoms with Gasteiger partial charge in [-0.2, -0.15) is 0 Å². The molecule has 0 amide bonds. The maximum atomic E-state index is 6.17. The predicted octanol–water partition coefficient (Wildman–Crippen LogP) is 4.34. The Labute approximate surface area is 125 Å². The van der Waals surface area contributed by atoms with Crippen LogP contribution in [0.5, 0.6) is 5.75 Å². The zero-order valence-electron chi connectivity index (χ0n) is 12.1. The Kier molecular flexibility index (Phi) is 4.69. The van der Waals surface area contributed by atoms with Gasteiger partial charge in [0, 0.05) is 11.6 Å². The van der Waals surface area contributed by atoms with Gasteiger partial charge in [-0.15, -0.1) is 0 Å². The van der Waals surface area contributed by atoms with Crippen molar-refractivity contribution in [2.75, 3.05) is 6.54 Å². The number of ether oxygens (including phenoxy) is 1. The van der Waals surface area contributed by atoms with Crippen LogP contribution in [-0.4, -0.2) is 6.54 Å². The minimum absolute atomic E-state index is 0.143. The molecular weight excluding hydrogens is 270 g/mol. The molecule has 1 atom stereocenters. The van der Waals surface area contributed by atoms with Crippen molar-refractivity contribution in [2.24, 2.45) is 5.73 Å². The van der Waals surface area contributed by atoms with Crippen LogP contribution in [0.3, 0.4) is 0 Å². The molecule has 0 spiro atoms. The average Bonchev–Trinajstić information content (AvgIpc) is 2.43. The van der Waals surface area contributed by atoms with Gasteiger partial charge in [0.15, 0.2) is 0 Å². The number of hydrogen-bond donors (Lipinski definition) is 1. The summed E-state index contributed by atoms with van der Waals surface area (Å²) in [5.74, 6) is 0.806. The van der Waals surface area contributed by atoms with Gasteiger partial charge in [-0.3, -0.25) is 0 Å². The minimum atomic E-state index is -0.143. The fraction of sp³-hybridized carbons (Fsp3) is 0.294. The third-order valence-electron chi connectivity index (χ3n) is 3.35. The molecule has 0 bridgehead atoms. The molecule has 2 aromatic carbocycles. The minimum Gasteiger partial charge on any atom is -0.484 e. The van der Waals surface area contributed by atoms with E-state index in [1.165, 1.54) is 5.56 Å². The van der Waals surface area contributed by atoms with Crippen molar-refractivity contribution in [2.45, 2.75) is 26.9 Å². The van der Waals surface area contributed by atoms with Crippen LogP contribution in [0.1, 0.15) is 28.4 Å². The van der Waals surface area contributed by atoms with Crippen LogP contribution in [-0.2, 0) is 0 Å². The summed E-state index contributed by atoms with van der Waals surface area (Å²) >= 11 is 6.17. The Hall–Kier alpha value is -1.51. The summed E-state index contributed by atoms with van der Waals surface area (Å²) in [5.41, 5.74) is 10.2. The van der Waals surface area contributed by atoms with Crippen LogP contribution in [0.4, 0.5) is 0 Å². The number of hydrogen-bond acceptors (Lipinski definition) is 2. The van der Waals surface area contributed by atoms with E-state index in [0.717, 1.165) is 27.5 Å². The fourth-order valence-electron chi connectivity index (χ4n) is 2.17. The Morgan fingerprint density at radius 1 is 1.05 bits per heavy atom. The summed E-state index contributed by atoms with van der Waals surface area (Å²) in [6, 6.07) is 12.2. The van der Waals surface area contributed by atoms with Crippen molar-refractivity contribution in [3.05, 3.63) is 63.7 Å². The first kappa shape index (κ1) is 14.9. The molecule has 2 rings (SSSR count). The molecule has 0 aliphatic heterocycles. The molecule has 0 radical (unpaired) electrons. The third kappa shape index (κ3) is 3.33. The maximum absolute atomic E-state index is 6.17. The lowest BCUT2D eigenvalue weighted by molar-refractivity contribution is 0.214. The van der Waals surface area contributed by atoms with E-state index in [9.17, 15) is 0 Å². The normalized spacial score (nSPS) is 12.2. The number of aryl methyl sites for hydroxylation is 3. The van der Waals surface area contributed by atoms with Crippen molar-refractivity contribution >= 4 is 11.6 Å². The molecule has 2 N–H and O–H groups in total. The highest BCUT2D eigenvalue weighted by Gasteiger charge is 2.12. The molecule has 20 heavy (non-hydrogen) atoms. The summed E-state index contributed by atoms with van der Waals surface area (Å²) in [6.45, 7) is 6.45. The molecular formula is C17H20ClNO. The first-order chi connectivity index (χ1) is 9.51. The number of benzene rings is 2. The van der Waals surface area contributed by atoms with Crippen molar-refractivity contribution in [1.82, 2.24) is 0 Å². The Bertz CT molecular complexity index is 569. The predicted molar refractivity (Wildman–Crippen MR) is 84.5 cm³/mol. The third-order valence-corrected chi connectivity index (χ3v) is 3.95. The molecule has 3 heteroatoms. The highest BCUT2D eigenvalue weighted by atomic mass is 35.5. The molecule has 0 heterocycles. The molecule has 0 aliphatic carbocycles. The first-order valence-corrected chi connectivity index (χ1v) is 7.09. The largest absolute Gasteiger partial charge is 0.484 e. The summed E-state index contributed by atoms with van der Waals surface area (Å²) < 4.78 is 6.02. The molecule has 0 fully saturated rings. The molecule has 2 nitrogen and oxygen atoms in total. The van der Waals surface area contributed by atoms with Crippen LogP contribution < -0.4 is 10.5 Å². The topological polar surface area (TPSA) is 35.2 Å². The van der Waals surface area contributed by atoms with Gasteiger partial charge in [0.2, 0.25) is 0 Å². The van der Waals surface area contributed by atoms with E-state index in [2.05, 4.69) is 31.2 Å². The van der Waals surface area contributed by atoms with Crippen LogP contribution in [0.15, 0.2) is 36.4 Å². The Morgan fingerprint density at radius 2 is 1.60 bits per heavy atom. The van der Waals surface area contributed by atoms with Gasteiger partial charge in [-0.25, -0.2) is 0 Å². The van der Waals surface area contributed by atoms with Gasteiger partial charge < -0.3 is 10.5 Å². The monoisotopic (exact) mass is 289 g/mol. The molecule has 0 saturated heterocycles. The molecule has 0 saturated carbocycles. The van der Waals surface area contributed by atoms with Crippen molar-refractivity contribution in [1.29, 1.82) is 0 Å². The molecule has 0 aliphatic rings. The van der Waals surface area contributed by atoms with Crippen LogP contribution >= 0.6 is 11.6 Å². The zero-order valence-corrected chi connectivity index (χ0v) is 12.9. The first-order valence-electron chi connectivity index (χ1n) is 6.71. The van der Waals surface area contributed by atoms with Gasteiger partial charge in [0.25, 0.3) is 0 Å². The summed E-state index contributed by atoms with van der Waals surface area (Å²) in [4.78, 5) is 0. The van der Waals surface area contributed by atoms with E-state index in [4.69, 9.17) is 22.1 Å². The molecule has 2 aromatic rings. The van der Waals surface area contributed by atoms with E-state index in [-0.39, 0.29) is 6.10 Å². The highest BCUT2D eigenvalue weighted by molar-refractivity contribution is 6.32. The standard InChI is InChI=1S/C17H20ClNO/c1-11-4-6-14(7-5-11)16(10-19)20-15-8-12(2)17(18)13(3)9-15/h4-9,16H,10,19H2,1-3H3. The lowest BCUT2D eigenvalue weighted by atomic mass is 10.1. The second-order valence-corrected chi connectivity index (χ2v) is 5.50. The molecule has 106 valence electrons. The fourth-order valence-corrected chi connectivity index (χ4v) is 2.28. The maximum Gasteiger partial charge on any atom is 0.136 e. The van der Waals surface area contributed by atoms with Crippen LogP contribution in [0.2, 0.25) is 5.02 Å². The van der Waals surface area contributed by atoms with E-state index >= 15 is 0 Å². The quantitative estimate of drug-likeness (QED) is 0.908. The van der Waals surface area contributed by atoms with Crippen LogP contribution in [0, 0.1) is 20.8 Å². The number of nitrogens with two attached hydrogens (primary N) is 1. The van der Waals surface area contributed by atoms with Crippen LogP contribution in [0.25, 0.3) is 0 Å². The van der Waals surface area contributed by atoms with E-state index in [0.29, 0.717) is 6.54 Å². The summed E-state index contributed by atoms with van der Waals surface area (Å²) in [7, 11) is 0. The van der Waals surface area contributed by atoms with Gasteiger partial charge in [0.05, 0.1) is 0 Å². The molecule has 0 aromatic heterocycles. The second kappa shape index (κ2) is 6.29. The SMILES string of the molecule is Cc1ccc(C(CN)Oc2cc(C)c(Cl)c(C)c2)cc1. The second-order valence-electron chi connectivity index (χ2n) is 5.12. The average molecular weight is 290 g/mol. The van der Waals surface area contributed by atoms with Crippen molar-refractivity contribution in [3.8, 4) is 5.75 Å². The van der Waals surface area contributed by atoms with E-state index in [1.54, 1.807) is 0 Å². The lowest BCUT2D eigenvalue weighted by Gasteiger charge is -2.19. The number of rotatable bonds is 4. The van der Waals surface area contributed by atoms with Crippen molar-refractivity contribution in [3.63, 3.8) is 0 Å². The van der Waals surface area contributed by atoms with Gasteiger partial charge in [-0.1, -0.05) is 41.4 Å². The van der Waals surface area contributed by atoms with Crippen molar-refractivity contribution < 1.29 is 4.74 Å². The smallest absolute Gasteiger partial charge is 0.136 e. The van der Waals surface area contributed by atoms with E-state index < -0.39 is 0 Å². The van der Waals surface area contributed by atoms with Gasteiger partial charge in [0.1, 0.15) is 11.9 Å². The lowest BCUT2D eigenvalue weighted by Crippen LogP contribution is -2.18. The summed E-state index contributed by atoms with van der Waals surface area (Å²) in [5, 5.41) is 0.789. The molecule has 1 unspecified atom stereocenters. The Morgan fingerprint density at radius 3 is 2.10 bits per heavy atom. The highest BCUT2D eigenvalue weighted by Crippen LogP contribution is 2.29. The zero-order chi connectivity index (χ0) is 14.7.